The van der Waals surface area contributed by atoms with Crippen molar-refractivity contribution in [1.82, 2.24) is 0 Å². The second-order valence-electron chi connectivity index (χ2n) is 2.66. The van der Waals surface area contributed by atoms with Gasteiger partial charge in [0.15, 0.2) is 0 Å². The van der Waals surface area contributed by atoms with Crippen molar-refractivity contribution in [3.63, 3.8) is 0 Å². The van der Waals surface area contributed by atoms with Crippen LogP contribution in [-0.2, 0) is 0 Å². The van der Waals surface area contributed by atoms with Gasteiger partial charge in [0.25, 0.3) is 0 Å². The van der Waals surface area contributed by atoms with Gasteiger partial charge >= 0.3 is 18.9 Å². The van der Waals surface area contributed by atoms with E-state index < -0.39 is 0 Å². The average molecular weight is 137 g/mol. The third-order valence-corrected chi connectivity index (χ3v) is 1.76. The van der Waals surface area contributed by atoms with Crippen LogP contribution in [0.4, 0.5) is 0 Å². The fourth-order valence-corrected chi connectivity index (χ4v) is 1.31. The molecule has 2 rings (SSSR count). The SMILES string of the molecule is CC1=Cc2ccccc2[CH]1.[LiH]. The summed E-state index contributed by atoms with van der Waals surface area (Å²) in [5, 5.41) is 0. The molecule has 0 aromatic heterocycles. The molecule has 0 bridgehead atoms. The van der Waals surface area contributed by atoms with Crippen LogP contribution in [0.5, 0.6) is 0 Å². The predicted molar refractivity (Wildman–Crippen MR) is 50.6 cm³/mol. The summed E-state index contributed by atoms with van der Waals surface area (Å²) in [4.78, 5) is 0. The van der Waals surface area contributed by atoms with Gasteiger partial charge in [0.05, 0.1) is 0 Å². The van der Waals surface area contributed by atoms with E-state index in [-0.39, 0.29) is 18.9 Å². The number of fused-ring (bicyclic) bond motifs is 1. The summed E-state index contributed by atoms with van der Waals surface area (Å²) in [5.74, 6) is 0. The molecule has 1 aliphatic rings. The maximum absolute atomic E-state index is 2.20. The van der Waals surface area contributed by atoms with Crippen molar-refractivity contribution < 1.29 is 0 Å². The second-order valence-corrected chi connectivity index (χ2v) is 2.66. The van der Waals surface area contributed by atoms with Gasteiger partial charge in [-0.05, 0) is 18.1 Å². The van der Waals surface area contributed by atoms with E-state index in [1.165, 1.54) is 16.7 Å². The van der Waals surface area contributed by atoms with E-state index in [1.807, 2.05) is 0 Å². The Labute approximate surface area is 79.5 Å². The first-order valence-electron chi connectivity index (χ1n) is 3.48. The zero-order chi connectivity index (χ0) is 6.97. The van der Waals surface area contributed by atoms with Crippen LogP contribution in [0.1, 0.15) is 18.1 Å². The number of hydrogen-bond donors (Lipinski definition) is 0. The Bertz CT molecular complexity index is 287. The Morgan fingerprint density at radius 3 is 2.27 bits per heavy atom. The molecule has 1 aliphatic carbocycles. The summed E-state index contributed by atoms with van der Waals surface area (Å²) >= 11 is 0. The van der Waals surface area contributed by atoms with Crippen molar-refractivity contribution in [3.8, 4) is 0 Å². The van der Waals surface area contributed by atoms with Crippen molar-refractivity contribution in [3.05, 3.63) is 47.4 Å². The van der Waals surface area contributed by atoms with Crippen LogP contribution < -0.4 is 0 Å². The molecular weight excluding hydrogens is 127 g/mol. The van der Waals surface area contributed by atoms with Crippen LogP contribution in [0.25, 0.3) is 6.08 Å². The third-order valence-electron chi connectivity index (χ3n) is 1.76. The molecule has 0 fully saturated rings. The van der Waals surface area contributed by atoms with Crippen molar-refractivity contribution in [2.45, 2.75) is 6.92 Å². The number of hydrogen-bond acceptors (Lipinski definition) is 0. The van der Waals surface area contributed by atoms with Gasteiger partial charge in [0.2, 0.25) is 0 Å². The molecule has 0 nitrogen and oxygen atoms in total. The van der Waals surface area contributed by atoms with Crippen LogP contribution in [0.15, 0.2) is 29.8 Å². The van der Waals surface area contributed by atoms with Crippen LogP contribution in [0.3, 0.4) is 0 Å². The van der Waals surface area contributed by atoms with E-state index in [4.69, 9.17) is 0 Å². The number of allylic oxidation sites excluding steroid dienone is 1. The Kier molecular flexibility index (Phi) is 2.60. The van der Waals surface area contributed by atoms with Crippen molar-refractivity contribution >= 4 is 24.9 Å². The zero-order valence-electron chi connectivity index (χ0n) is 5.96. The summed E-state index contributed by atoms with van der Waals surface area (Å²) in [7, 11) is 0. The molecule has 51 valence electrons. The molecule has 0 heterocycles. The molecule has 0 spiro atoms. The molecule has 1 aromatic carbocycles. The molecule has 0 unspecified atom stereocenters. The quantitative estimate of drug-likeness (QED) is 0.480. The number of rotatable bonds is 0. The maximum atomic E-state index is 2.20. The monoisotopic (exact) mass is 137 g/mol. The summed E-state index contributed by atoms with van der Waals surface area (Å²) in [6.07, 6.45) is 4.41. The molecule has 1 aromatic rings. The fourth-order valence-electron chi connectivity index (χ4n) is 1.31. The molecule has 1 heteroatoms. The van der Waals surface area contributed by atoms with Crippen molar-refractivity contribution in [2.24, 2.45) is 0 Å². The molecule has 0 aliphatic heterocycles. The summed E-state index contributed by atoms with van der Waals surface area (Å²) < 4.78 is 0. The second kappa shape index (κ2) is 3.30. The Morgan fingerprint density at radius 1 is 1.00 bits per heavy atom. The fraction of sp³-hybridized carbons (Fsp3) is 0.100. The predicted octanol–water partition coefficient (Wildman–Crippen LogP) is 2.01. The first kappa shape index (κ1) is 8.65. The normalized spacial score (nSPS) is 13.4. The van der Waals surface area contributed by atoms with Crippen LogP contribution in [0, 0.1) is 6.42 Å². The topological polar surface area (TPSA) is 0 Å². The Balaban J connectivity index is 0.000000605. The van der Waals surface area contributed by atoms with E-state index in [1.54, 1.807) is 0 Å². The Morgan fingerprint density at radius 2 is 1.64 bits per heavy atom. The molecule has 0 saturated carbocycles. The molecule has 0 atom stereocenters. The standard InChI is InChI=1S/C10H9.Li.H/c1-8-6-9-4-2-3-5-10(9)7-8;;/h2-7H,1H3;;. The minimum atomic E-state index is 0. The van der Waals surface area contributed by atoms with Gasteiger partial charge in [0.1, 0.15) is 0 Å². The van der Waals surface area contributed by atoms with Crippen LogP contribution >= 0.6 is 0 Å². The van der Waals surface area contributed by atoms with Crippen LogP contribution in [0.2, 0.25) is 0 Å². The molecule has 1 radical (unpaired) electrons. The van der Waals surface area contributed by atoms with E-state index >= 15 is 0 Å². The summed E-state index contributed by atoms with van der Waals surface area (Å²) in [5.41, 5.74) is 4.04. The molecule has 11 heavy (non-hydrogen) atoms. The van der Waals surface area contributed by atoms with Gasteiger partial charge in [-0.3, -0.25) is 0 Å². The van der Waals surface area contributed by atoms with E-state index in [0.29, 0.717) is 0 Å². The van der Waals surface area contributed by atoms with Crippen molar-refractivity contribution in [2.75, 3.05) is 0 Å². The first-order chi connectivity index (χ1) is 4.86. The van der Waals surface area contributed by atoms with Gasteiger partial charge in [-0.1, -0.05) is 35.9 Å². The molecular formula is C10H10Li. The molecule has 0 saturated heterocycles. The van der Waals surface area contributed by atoms with Gasteiger partial charge < -0.3 is 0 Å². The van der Waals surface area contributed by atoms with E-state index in [0.717, 1.165) is 0 Å². The minimum absolute atomic E-state index is 0. The molecule has 0 N–H and O–H groups in total. The molecule has 0 amide bonds. The van der Waals surface area contributed by atoms with Gasteiger partial charge in [-0.15, -0.1) is 0 Å². The van der Waals surface area contributed by atoms with Gasteiger partial charge in [-0.2, -0.15) is 0 Å². The summed E-state index contributed by atoms with van der Waals surface area (Å²) in [6, 6.07) is 8.42. The van der Waals surface area contributed by atoms with Crippen LogP contribution in [-0.4, -0.2) is 18.9 Å². The van der Waals surface area contributed by atoms with E-state index in [9.17, 15) is 0 Å². The van der Waals surface area contributed by atoms with Crippen molar-refractivity contribution in [1.29, 1.82) is 0 Å². The summed E-state index contributed by atoms with van der Waals surface area (Å²) in [6.45, 7) is 2.12. The third kappa shape index (κ3) is 1.59. The first-order valence-corrected chi connectivity index (χ1v) is 3.48. The zero-order valence-corrected chi connectivity index (χ0v) is 5.96. The Hall–Kier alpha value is -0.443. The number of benzene rings is 1. The van der Waals surface area contributed by atoms with E-state index in [2.05, 4.69) is 43.7 Å². The average Bonchev–Trinajstić information content (AvgIpc) is 2.27. The van der Waals surface area contributed by atoms with Gasteiger partial charge in [0, 0.05) is 6.42 Å². The van der Waals surface area contributed by atoms with Gasteiger partial charge in [-0.25, -0.2) is 0 Å².